The summed E-state index contributed by atoms with van der Waals surface area (Å²) in [6, 6.07) is 0. The highest BCUT2D eigenvalue weighted by atomic mass is 19.4. The monoisotopic (exact) mass is 252 g/mol. The van der Waals surface area contributed by atoms with Crippen molar-refractivity contribution in [3.63, 3.8) is 0 Å². The van der Waals surface area contributed by atoms with E-state index in [1.54, 1.807) is 0 Å². The number of hydrogen-bond donors (Lipinski definition) is 2. The van der Waals surface area contributed by atoms with E-state index < -0.39 is 24.2 Å². The summed E-state index contributed by atoms with van der Waals surface area (Å²) in [6.07, 6.45) is -4.39. The van der Waals surface area contributed by atoms with E-state index in [0.29, 0.717) is 0 Å². The summed E-state index contributed by atoms with van der Waals surface area (Å²) in [7, 11) is 0. The van der Waals surface area contributed by atoms with Crippen molar-refractivity contribution in [1.29, 1.82) is 0 Å². The van der Waals surface area contributed by atoms with Gasteiger partial charge in [0.15, 0.2) is 0 Å². The molecule has 0 aromatic carbocycles. The number of nitrogens with zero attached hydrogens (tertiary/aromatic N) is 1. The predicted molar refractivity (Wildman–Crippen MR) is 51.8 cm³/mol. The number of rotatable bonds is 4. The van der Waals surface area contributed by atoms with Crippen molar-refractivity contribution in [2.24, 2.45) is 0 Å². The molecule has 0 aliphatic heterocycles. The average Bonchev–Trinajstić information content (AvgIpc) is 2.19. The van der Waals surface area contributed by atoms with Crippen molar-refractivity contribution in [3.05, 3.63) is 21.7 Å². The van der Waals surface area contributed by atoms with Crippen molar-refractivity contribution in [3.8, 4) is 5.88 Å². The smallest absolute Gasteiger partial charge is 0.411 e. The number of aromatic hydroxyl groups is 1. The lowest BCUT2D eigenvalue weighted by molar-refractivity contribution is -0.173. The molecular formula is C9H11F3N2O3. The molecule has 5 nitrogen and oxygen atoms in total. The van der Waals surface area contributed by atoms with Crippen LogP contribution in [0.5, 0.6) is 5.88 Å². The first kappa shape index (κ1) is 13.5. The Labute approximate surface area is 94.3 Å². The Hall–Kier alpha value is -1.57. The van der Waals surface area contributed by atoms with Gasteiger partial charge in [0.25, 0.3) is 5.56 Å². The van der Waals surface area contributed by atoms with Gasteiger partial charge in [0.1, 0.15) is 12.4 Å². The number of aromatic nitrogens is 2. The molecule has 0 amide bonds. The summed E-state index contributed by atoms with van der Waals surface area (Å²) in [5, 5.41) is 9.21. The third-order valence-electron chi connectivity index (χ3n) is 1.92. The average molecular weight is 252 g/mol. The fourth-order valence-electron chi connectivity index (χ4n) is 1.04. The molecule has 0 atom stereocenters. The maximum absolute atomic E-state index is 11.7. The number of ether oxygens (including phenoxy) is 1. The molecule has 2 N–H and O–H groups in total. The molecule has 0 radical (unpaired) electrons. The number of hydrogen-bond acceptors (Lipinski definition) is 4. The van der Waals surface area contributed by atoms with Crippen LogP contribution >= 0.6 is 0 Å². The van der Waals surface area contributed by atoms with Gasteiger partial charge in [0.2, 0.25) is 5.88 Å². The Morgan fingerprint density at radius 3 is 2.65 bits per heavy atom. The molecule has 17 heavy (non-hydrogen) atoms. The normalized spacial score (nSPS) is 11.8. The minimum atomic E-state index is -4.38. The van der Waals surface area contributed by atoms with Gasteiger partial charge in [-0.2, -0.15) is 18.2 Å². The van der Waals surface area contributed by atoms with Crippen LogP contribution in [0.4, 0.5) is 13.2 Å². The van der Waals surface area contributed by atoms with Gasteiger partial charge in [-0.3, -0.25) is 4.79 Å². The van der Waals surface area contributed by atoms with Crippen molar-refractivity contribution in [1.82, 2.24) is 9.97 Å². The molecule has 0 spiro atoms. The zero-order chi connectivity index (χ0) is 13.1. The Balaban J connectivity index is 2.51. The van der Waals surface area contributed by atoms with Gasteiger partial charge in [0, 0.05) is 6.42 Å². The van der Waals surface area contributed by atoms with E-state index in [-0.39, 0.29) is 24.4 Å². The van der Waals surface area contributed by atoms with E-state index >= 15 is 0 Å². The summed E-state index contributed by atoms with van der Waals surface area (Å²) in [5.74, 6) is -0.347. The highest BCUT2D eigenvalue weighted by Crippen LogP contribution is 2.14. The minimum Gasteiger partial charge on any atom is -0.493 e. The summed E-state index contributed by atoms with van der Waals surface area (Å²) < 4.78 is 39.5. The summed E-state index contributed by atoms with van der Waals surface area (Å²) in [5.41, 5.74) is -0.465. The predicted octanol–water partition coefficient (Wildman–Crippen LogP) is 0.905. The molecule has 0 fully saturated rings. The van der Waals surface area contributed by atoms with Crippen molar-refractivity contribution in [2.45, 2.75) is 19.5 Å². The highest BCUT2D eigenvalue weighted by Gasteiger charge is 2.27. The standard InChI is InChI=1S/C9H11F3N2O3/c1-5-7(15)13-6(14-8(5)16)2-3-17-4-9(10,11)12/h2-4H2,1H3,(H2,13,14,15,16). The third kappa shape index (κ3) is 4.43. The van der Waals surface area contributed by atoms with Gasteiger partial charge in [0.05, 0.1) is 12.2 Å². The quantitative estimate of drug-likeness (QED) is 0.781. The number of halogens is 3. The van der Waals surface area contributed by atoms with Crippen molar-refractivity contribution < 1.29 is 23.0 Å². The third-order valence-corrected chi connectivity index (χ3v) is 1.92. The number of alkyl halides is 3. The van der Waals surface area contributed by atoms with Crippen LogP contribution in [0.15, 0.2) is 4.79 Å². The molecular weight excluding hydrogens is 241 g/mol. The maximum Gasteiger partial charge on any atom is 0.411 e. The molecule has 0 unspecified atom stereocenters. The molecule has 1 aromatic heterocycles. The van der Waals surface area contributed by atoms with Gasteiger partial charge in [-0.1, -0.05) is 0 Å². The largest absolute Gasteiger partial charge is 0.493 e. The number of nitrogens with one attached hydrogen (secondary N) is 1. The second-order valence-electron chi connectivity index (χ2n) is 3.38. The van der Waals surface area contributed by atoms with Crippen LogP contribution in [0.25, 0.3) is 0 Å². The molecule has 96 valence electrons. The van der Waals surface area contributed by atoms with E-state index in [2.05, 4.69) is 14.7 Å². The van der Waals surface area contributed by atoms with E-state index in [9.17, 15) is 23.1 Å². The maximum atomic E-state index is 11.7. The molecule has 0 aliphatic rings. The zero-order valence-electron chi connectivity index (χ0n) is 8.97. The Morgan fingerprint density at radius 2 is 2.12 bits per heavy atom. The second-order valence-corrected chi connectivity index (χ2v) is 3.38. The van der Waals surface area contributed by atoms with E-state index in [0.717, 1.165) is 0 Å². The molecule has 0 bridgehead atoms. The summed E-state index contributed by atoms with van der Waals surface area (Å²) >= 11 is 0. The number of H-pyrrole nitrogens is 1. The molecule has 8 heteroatoms. The zero-order valence-corrected chi connectivity index (χ0v) is 8.97. The summed E-state index contributed by atoms with van der Waals surface area (Å²) in [4.78, 5) is 17.1. The van der Waals surface area contributed by atoms with Crippen LogP contribution in [0.2, 0.25) is 0 Å². The fraction of sp³-hybridized carbons (Fsp3) is 0.556. The molecule has 0 saturated heterocycles. The second kappa shape index (κ2) is 5.17. The van der Waals surface area contributed by atoms with Crippen LogP contribution in [0, 0.1) is 6.92 Å². The Kier molecular flexibility index (Phi) is 4.11. The van der Waals surface area contributed by atoms with Crippen LogP contribution < -0.4 is 5.56 Å². The molecule has 1 heterocycles. The van der Waals surface area contributed by atoms with Crippen LogP contribution in [-0.2, 0) is 11.2 Å². The first-order chi connectivity index (χ1) is 7.79. The first-order valence-corrected chi connectivity index (χ1v) is 4.73. The first-order valence-electron chi connectivity index (χ1n) is 4.73. The minimum absolute atomic E-state index is 0.0147. The number of aromatic amines is 1. The lowest BCUT2D eigenvalue weighted by Gasteiger charge is -2.07. The highest BCUT2D eigenvalue weighted by molar-refractivity contribution is 5.20. The Morgan fingerprint density at radius 1 is 1.47 bits per heavy atom. The van der Waals surface area contributed by atoms with Crippen LogP contribution in [0.1, 0.15) is 11.4 Å². The SMILES string of the molecule is Cc1c(O)nc(CCOCC(F)(F)F)[nH]c1=O. The van der Waals surface area contributed by atoms with Crippen LogP contribution in [-0.4, -0.2) is 34.5 Å². The van der Waals surface area contributed by atoms with Gasteiger partial charge >= 0.3 is 6.18 Å². The van der Waals surface area contributed by atoms with Gasteiger partial charge in [-0.05, 0) is 6.92 Å². The van der Waals surface area contributed by atoms with E-state index in [4.69, 9.17) is 0 Å². The van der Waals surface area contributed by atoms with Gasteiger partial charge < -0.3 is 14.8 Å². The van der Waals surface area contributed by atoms with Crippen LogP contribution in [0.3, 0.4) is 0 Å². The molecule has 1 rings (SSSR count). The van der Waals surface area contributed by atoms with E-state index in [1.165, 1.54) is 6.92 Å². The van der Waals surface area contributed by atoms with Crippen molar-refractivity contribution >= 4 is 0 Å². The fourth-order valence-corrected chi connectivity index (χ4v) is 1.04. The topological polar surface area (TPSA) is 75.2 Å². The lowest BCUT2D eigenvalue weighted by atomic mass is 10.3. The van der Waals surface area contributed by atoms with E-state index in [1.807, 2.05) is 0 Å². The van der Waals surface area contributed by atoms with Gasteiger partial charge in [-0.25, -0.2) is 0 Å². The van der Waals surface area contributed by atoms with Crippen molar-refractivity contribution in [2.75, 3.05) is 13.2 Å². The summed E-state index contributed by atoms with van der Waals surface area (Å²) in [6.45, 7) is -0.217. The van der Waals surface area contributed by atoms with Gasteiger partial charge in [-0.15, -0.1) is 0 Å². The molecule has 0 aliphatic carbocycles. The molecule has 0 saturated carbocycles. The molecule has 1 aromatic rings. The lowest BCUT2D eigenvalue weighted by Crippen LogP contribution is -2.19. The Bertz CT molecular complexity index is 442.